The molecule has 0 aromatic carbocycles. The molecular formula is C17H28BrN3. The first kappa shape index (κ1) is 16.7. The first-order chi connectivity index (χ1) is 9.95. The van der Waals surface area contributed by atoms with Crippen molar-refractivity contribution in [2.24, 2.45) is 11.8 Å². The highest BCUT2D eigenvalue weighted by molar-refractivity contribution is 9.10. The zero-order chi connectivity index (χ0) is 15.4. The van der Waals surface area contributed by atoms with Gasteiger partial charge >= 0.3 is 0 Å². The van der Waals surface area contributed by atoms with E-state index in [1.165, 1.54) is 25.7 Å². The van der Waals surface area contributed by atoms with Crippen LogP contribution < -0.4 is 4.90 Å². The quantitative estimate of drug-likeness (QED) is 0.614. The van der Waals surface area contributed by atoms with Crippen LogP contribution in [0.25, 0.3) is 0 Å². The Bertz CT molecular complexity index is 443. The van der Waals surface area contributed by atoms with Gasteiger partial charge in [0.2, 0.25) is 0 Å². The maximum atomic E-state index is 4.84. The Labute approximate surface area is 137 Å². The van der Waals surface area contributed by atoms with Gasteiger partial charge < -0.3 is 4.90 Å². The van der Waals surface area contributed by atoms with Crippen molar-refractivity contribution in [1.82, 2.24) is 9.97 Å². The predicted molar refractivity (Wildman–Crippen MR) is 92.8 cm³/mol. The van der Waals surface area contributed by atoms with Crippen LogP contribution in [0.1, 0.15) is 65.1 Å². The van der Waals surface area contributed by atoms with Gasteiger partial charge in [0.25, 0.3) is 0 Å². The van der Waals surface area contributed by atoms with Crippen molar-refractivity contribution >= 4 is 21.7 Å². The highest BCUT2D eigenvalue weighted by atomic mass is 79.9. The van der Waals surface area contributed by atoms with Gasteiger partial charge in [0, 0.05) is 25.1 Å². The molecule has 2 rings (SSSR count). The zero-order valence-electron chi connectivity index (χ0n) is 13.8. The second-order valence-electron chi connectivity index (χ2n) is 7.03. The van der Waals surface area contributed by atoms with Crippen LogP contribution in [-0.4, -0.2) is 23.1 Å². The Balaban J connectivity index is 2.13. The van der Waals surface area contributed by atoms with Crippen molar-refractivity contribution in [3.8, 4) is 0 Å². The van der Waals surface area contributed by atoms with Gasteiger partial charge in [-0.1, -0.05) is 27.7 Å². The van der Waals surface area contributed by atoms with Crippen molar-refractivity contribution in [3.05, 3.63) is 16.5 Å². The highest BCUT2D eigenvalue weighted by Crippen LogP contribution is 2.39. The summed E-state index contributed by atoms with van der Waals surface area (Å²) < 4.78 is 0.925. The lowest BCUT2D eigenvalue weighted by atomic mass is 10.1. The van der Waals surface area contributed by atoms with Crippen LogP contribution in [0.4, 0.5) is 5.82 Å². The fourth-order valence-electron chi connectivity index (χ4n) is 2.28. The summed E-state index contributed by atoms with van der Waals surface area (Å²) in [6.45, 7) is 11.3. The van der Waals surface area contributed by atoms with E-state index in [-0.39, 0.29) is 0 Å². The number of nitrogens with zero attached hydrogens (tertiary/aromatic N) is 3. The van der Waals surface area contributed by atoms with E-state index in [9.17, 15) is 0 Å². The Morgan fingerprint density at radius 2 is 1.67 bits per heavy atom. The monoisotopic (exact) mass is 353 g/mol. The van der Waals surface area contributed by atoms with E-state index in [0.29, 0.717) is 5.92 Å². The van der Waals surface area contributed by atoms with Crippen LogP contribution in [0.5, 0.6) is 0 Å². The van der Waals surface area contributed by atoms with Gasteiger partial charge in [0.15, 0.2) is 0 Å². The van der Waals surface area contributed by atoms with Crippen molar-refractivity contribution in [1.29, 1.82) is 0 Å². The number of rotatable bonds is 8. The lowest BCUT2D eigenvalue weighted by Gasteiger charge is -2.26. The molecule has 118 valence electrons. The molecule has 21 heavy (non-hydrogen) atoms. The van der Waals surface area contributed by atoms with Crippen molar-refractivity contribution in [3.63, 3.8) is 0 Å². The molecule has 1 aromatic heterocycles. The smallest absolute Gasteiger partial charge is 0.135 e. The van der Waals surface area contributed by atoms with E-state index >= 15 is 0 Å². The van der Waals surface area contributed by atoms with Gasteiger partial charge in [-0.2, -0.15) is 0 Å². The molecule has 1 aromatic rings. The number of hydrogen-bond donors (Lipinski definition) is 0. The van der Waals surface area contributed by atoms with Gasteiger partial charge in [0.1, 0.15) is 16.2 Å². The maximum absolute atomic E-state index is 4.84. The van der Waals surface area contributed by atoms with Gasteiger partial charge in [-0.05, 0) is 53.4 Å². The fourth-order valence-corrected chi connectivity index (χ4v) is 2.66. The van der Waals surface area contributed by atoms with Crippen LogP contribution in [0.2, 0.25) is 0 Å². The number of aromatic nitrogens is 2. The molecule has 1 heterocycles. The van der Waals surface area contributed by atoms with Gasteiger partial charge in [-0.3, -0.25) is 0 Å². The summed E-state index contributed by atoms with van der Waals surface area (Å²) in [5.41, 5.74) is 0. The average Bonchev–Trinajstić information content (AvgIpc) is 3.21. The summed E-state index contributed by atoms with van der Waals surface area (Å²) in [5, 5.41) is 0. The molecular weight excluding hydrogens is 326 g/mol. The van der Waals surface area contributed by atoms with Gasteiger partial charge in [-0.15, -0.1) is 0 Å². The summed E-state index contributed by atoms with van der Waals surface area (Å²) >= 11 is 3.56. The van der Waals surface area contributed by atoms with E-state index in [2.05, 4.69) is 59.6 Å². The lowest BCUT2D eigenvalue weighted by molar-refractivity contribution is 0.532. The largest absolute Gasteiger partial charge is 0.356 e. The van der Waals surface area contributed by atoms with Crippen molar-refractivity contribution < 1.29 is 0 Å². The second kappa shape index (κ2) is 7.57. The molecule has 0 bridgehead atoms. The number of halogens is 1. The third-order valence-corrected chi connectivity index (χ3v) is 4.32. The minimum absolute atomic E-state index is 0.596. The summed E-state index contributed by atoms with van der Waals surface area (Å²) in [7, 11) is 0. The molecule has 3 nitrogen and oxygen atoms in total. The normalized spacial score (nSPS) is 15.0. The molecule has 0 aliphatic heterocycles. The summed E-state index contributed by atoms with van der Waals surface area (Å²) in [6.07, 6.45) is 4.90. The molecule has 0 atom stereocenters. The van der Waals surface area contributed by atoms with Gasteiger partial charge in [-0.25, -0.2) is 9.97 Å². The molecule has 0 unspecified atom stereocenters. The SMILES string of the molecule is CC(C)CCN(CCC(C)C)c1cc(Br)nc(C2CC2)n1. The minimum atomic E-state index is 0.596. The Kier molecular flexibility index (Phi) is 6.03. The summed E-state index contributed by atoms with van der Waals surface area (Å²) in [6, 6.07) is 2.08. The van der Waals surface area contributed by atoms with Crippen LogP contribution in [0.15, 0.2) is 10.7 Å². The zero-order valence-corrected chi connectivity index (χ0v) is 15.4. The van der Waals surface area contributed by atoms with Crippen molar-refractivity contribution in [2.75, 3.05) is 18.0 Å². The fraction of sp³-hybridized carbons (Fsp3) is 0.765. The van der Waals surface area contributed by atoms with E-state index in [1.54, 1.807) is 0 Å². The lowest BCUT2D eigenvalue weighted by Crippen LogP contribution is -2.28. The topological polar surface area (TPSA) is 29.0 Å². The third-order valence-electron chi connectivity index (χ3n) is 3.92. The molecule has 1 fully saturated rings. The highest BCUT2D eigenvalue weighted by Gasteiger charge is 2.27. The molecule has 1 aliphatic carbocycles. The van der Waals surface area contributed by atoms with Crippen LogP contribution in [-0.2, 0) is 0 Å². The van der Waals surface area contributed by atoms with Gasteiger partial charge in [0.05, 0.1) is 0 Å². The van der Waals surface area contributed by atoms with Crippen LogP contribution in [0.3, 0.4) is 0 Å². The first-order valence-electron chi connectivity index (χ1n) is 8.25. The van der Waals surface area contributed by atoms with E-state index in [4.69, 9.17) is 4.98 Å². The van der Waals surface area contributed by atoms with Crippen LogP contribution >= 0.6 is 15.9 Å². The Hall–Kier alpha value is -0.640. The molecule has 0 radical (unpaired) electrons. The first-order valence-corrected chi connectivity index (χ1v) is 9.04. The summed E-state index contributed by atoms with van der Waals surface area (Å²) in [4.78, 5) is 11.8. The Morgan fingerprint density at radius 3 is 2.14 bits per heavy atom. The van der Waals surface area contributed by atoms with Crippen LogP contribution in [0, 0.1) is 11.8 Å². The molecule has 0 amide bonds. The minimum Gasteiger partial charge on any atom is -0.356 e. The van der Waals surface area contributed by atoms with E-state index in [0.717, 1.165) is 41.2 Å². The molecule has 0 N–H and O–H groups in total. The van der Waals surface area contributed by atoms with E-state index in [1.807, 2.05) is 0 Å². The summed E-state index contributed by atoms with van der Waals surface area (Å²) in [5.74, 6) is 4.16. The van der Waals surface area contributed by atoms with E-state index < -0.39 is 0 Å². The van der Waals surface area contributed by atoms with Crippen molar-refractivity contribution in [2.45, 2.75) is 59.3 Å². The predicted octanol–water partition coefficient (Wildman–Crippen LogP) is 5.02. The Morgan fingerprint density at radius 1 is 1.10 bits per heavy atom. The number of anilines is 1. The molecule has 4 heteroatoms. The molecule has 1 saturated carbocycles. The second-order valence-corrected chi connectivity index (χ2v) is 7.85. The third kappa shape index (κ3) is 5.57. The standard InChI is InChI=1S/C17H28BrN3/c1-12(2)7-9-21(10-8-13(3)4)16-11-15(18)19-17(20-16)14-5-6-14/h11-14H,5-10H2,1-4H3. The molecule has 0 spiro atoms. The maximum Gasteiger partial charge on any atom is 0.135 e. The number of hydrogen-bond acceptors (Lipinski definition) is 3. The molecule has 0 saturated heterocycles. The average molecular weight is 354 g/mol. The molecule has 1 aliphatic rings.